The molecule has 0 atom stereocenters. The van der Waals surface area contributed by atoms with Crippen LogP contribution in [0.2, 0.25) is 0 Å². The molecule has 0 saturated heterocycles. The van der Waals surface area contributed by atoms with Gasteiger partial charge in [-0.25, -0.2) is 0 Å². The third-order valence-corrected chi connectivity index (χ3v) is 4.13. The standard InChI is InChI=1S/C15H15NO3S/c1-10-4-6-13(19-3)15(8-10)20-14-7-5-12(16(17)18)9-11(14)2/h4-9H,1-3H3. The Morgan fingerprint density at radius 1 is 1.10 bits per heavy atom. The fourth-order valence-corrected chi connectivity index (χ4v) is 2.93. The van der Waals surface area contributed by atoms with Crippen LogP contribution in [0.1, 0.15) is 11.1 Å². The molecule has 0 aliphatic carbocycles. The number of hydrogen-bond donors (Lipinski definition) is 0. The molecule has 0 unspecified atom stereocenters. The predicted octanol–water partition coefficient (Wildman–Crippen LogP) is 4.37. The Kier molecular flexibility index (Phi) is 4.29. The summed E-state index contributed by atoms with van der Waals surface area (Å²) >= 11 is 1.55. The maximum atomic E-state index is 10.7. The van der Waals surface area contributed by atoms with Crippen molar-refractivity contribution in [1.82, 2.24) is 0 Å². The summed E-state index contributed by atoms with van der Waals surface area (Å²) < 4.78 is 5.35. The van der Waals surface area contributed by atoms with Crippen LogP contribution in [0, 0.1) is 24.0 Å². The molecule has 2 aromatic carbocycles. The maximum absolute atomic E-state index is 10.7. The molecule has 0 spiro atoms. The molecule has 2 rings (SSSR count). The van der Waals surface area contributed by atoms with Crippen LogP contribution in [0.15, 0.2) is 46.2 Å². The van der Waals surface area contributed by atoms with Crippen molar-refractivity contribution < 1.29 is 9.66 Å². The number of benzene rings is 2. The van der Waals surface area contributed by atoms with Crippen molar-refractivity contribution in [3.8, 4) is 5.75 Å². The molecule has 0 radical (unpaired) electrons. The summed E-state index contributed by atoms with van der Waals surface area (Å²) in [7, 11) is 1.64. The predicted molar refractivity (Wildman–Crippen MR) is 79.7 cm³/mol. The highest BCUT2D eigenvalue weighted by Gasteiger charge is 2.11. The number of hydrogen-bond acceptors (Lipinski definition) is 4. The van der Waals surface area contributed by atoms with Crippen LogP contribution in [0.3, 0.4) is 0 Å². The minimum atomic E-state index is -0.380. The fourth-order valence-electron chi connectivity index (χ4n) is 1.84. The zero-order valence-electron chi connectivity index (χ0n) is 11.5. The van der Waals surface area contributed by atoms with Gasteiger partial charge in [-0.3, -0.25) is 10.1 Å². The van der Waals surface area contributed by atoms with Crippen LogP contribution in [0.5, 0.6) is 5.75 Å². The van der Waals surface area contributed by atoms with E-state index in [2.05, 4.69) is 0 Å². The Morgan fingerprint density at radius 3 is 2.45 bits per heavy atom. The summed E-state index contributed by atoms with van der Waals surface area (Å²) in [4.78, 5) is 12.4. The van der Waals surface area contributed by atoms with Crippen molar-refractivity contribution in [3.63, 3.8) is 0 Å². The highest BCUT2D eigenvalue weighted by molar-refractivity contribution is 7.99. The van der Waals surface area contributed by atoms with E-state index in [9.17, 15) is 10.1 Å². The van der Waals surface area contributed by atoms with E-state index >= 15 is 0 Å². The van der Waals surface area contributed by atoms with Crippen LogP contribution in [-0.2, 0) is 0 Å². The molecule has 104 valence electrons. The van der Waals surface area contributed by atoms with Gasteiger partial charge in [-0.2, -0.15) is 0 Å². The molecule has 0 aliphatic heterocycles. The lowest BCUT2D eigenvalue weighted by Crippen LogP contribution is -1.91. The molecular formula is C15H15NO3S. The van der Waals surface area contributed by atoms with E-state index < -0.39 is 0 Å². The topological polar surface area (TPSA) is 52.4 Å². The van der Waals surface area contributed by atoms with E-state index in [-0.39, 0.29) is 10.6 Å². The monoisotopic (exact) mass is 289 g/mol. The van der Waals surface area contributed by atoms with E-state index in [1.165, 1.54) is 6.07 Å². The summed E-state index contributed by atoms with van der Waals surface area (Å²) in [6, 6.07) is 10.9. The summed E-state index contributed by atoms with van der Waals surface area (Å²) in [6.07, 6.45) is 0. The number of nitrogens with zero attached hydrogens (tertiary/aromatic N) is 1. The first-order chi connectivity index (χ1) is 9.51. The van der Waals surface area contributed by atoms with Crippen LogP contribution < -0.4 is 4.74 Å². The number of nitro benzene ring substituents is 1. The smallest absolute Gasteiger partial charge is 0.269 e. The van der Waals surface area contributed by atoms with Gasteiger partial charge in [0, 0.05) is 17.0 Å². The van der Waals surface area contributed by atoms with Gasteiger partial charge in [0.25, 0.3) is 5.69 Å². The molecule has 2 aromatic rings. The van der Waals surface area contributed by atoms with Gasteiger partial charge in [-0.05, 0) is 43.2 Å². The average Bonchev–Trinajstić information content (AvgIpc) is 2.41. The molecule has 20 heavy (non-hydrogen) atoms. The van der Waals surface area contributed by atoms with Crippen molar-refractivity contribution >= 4 is 17.4 Å². The summed E-state index contributed by atoms with van der Waals surface area (Å²) in [5, 5.41) is 10.7. The third-order valence-electron chi connectivity index (χ3n) is 2.91. The molecule has 4 nitrogen and oxygen atoms in total. The SMILES string of the molecule is COc1ccc(C)cc1Sc1ccc([N+](=O)[O-])cc1C. The van der Waals surface area contributed by atoms with Gasteiger partial charge >= 0.3 is 0 Å². The van der Waals surface area contributed by atoms with Crippen molar-refractivity contribution in [1.29, 1.82) is 0 Å². The molecule has 0 N–H and O–H groups in total. The van der Waals surface area contributed by atoms with Crippen molar-refractivity contribution in [2.75, 3.05) is 7.11 Å². The normalized spacial score (nSPS) is 10.3. The van der Waals surface area contributed by atoms with Gasteiger partial charge in [-0.1, -0.05) is 17.8 Å². The molecule has 0 aliphatic rings. The fraction of sp³-hybridized carbons (Fsp3) is 0.200. The minimum Gasteiger partial charge on any atom is -0.496 e. The summed E-state index contributed by atoms with van der Waals surface area (Å²) in [5.74, 6) is 0.804. The number of nitro groups is 1. The second-order valence-electron chi connectivity index (χ2n) is 4.46. The van der Waals surface area contributed by atoms with E-state index in [0.29, 0.717) is 0 Å². The number of methoxy groups -OCH3 is 1. The molecular weight excluding hydrogens is 274 g/mol. The van der Waals surface area contributed by atoms with Crippen LogP contribution in [0.25, 0.3) is 0 Å². The lowest BCUT2D eigenvalue weighted by Gasteiger charge is -2.10. The van der Waals surface area contributed by atoms with E-state index in [1.807, 2.05) is 32.0 Å². The zero-order valence-corrected chi connectivity index (χ0v) is 12.4. The van der Waals surface area contributed by atoms with E-state index in [4.69, 9.17) is 4.74 Å². The lowest BCUT2D eigenvalue weighted by atomic mass is 10.2. The second-order valence-corrected chi connectivity index (χ2v) is 5.55. The molecule has 0 fully saturated rings. The first-order valence-corrected chi connectivity index (χ1v) is 6.90. The summed E-state index contributed by atoms with van der Waals surface area (Å²) in [6.45, 7) is 3.89. The number of aryl methyl sites for hydroxylation is 2. The van der Waals surface area contributed by atoms with Crippen LogP contribution in [-0.4, -0.2) is 12.0 Å². The Labute approximate surface area is 121 Å². The van der Waals surface area contributed by atoms with Gasteiger partial charge < -0.3 is 4.74 Å². The number of ether oxygens (including phenoxy) is 1. The highest BCUT2D eigenvalue weighted by Crippen LogP contribution is 2.37. The van der Waals surface area contributed by atoms with Gasteiger partial charge in [0.15, 0.2) is 0 Å². The first-order valence-electron chi connectivity index (χ1n) is 6.09. The Balaban J connectivity index is 2.35. The van der Waals surface area contributed by atoms with Crippen molar-refractivity contribution in [2.45, 2.75) is 23.6 Å². The van der Waals surface area contributed by atoms with Crippen molar-refractivity contribution in [3.05, 3.63) is 57.6 Å². The van der Waals surface area contributed by atoms with Crippen LogP contribution >= 0.6 is 11.8 Å². The Hall–Kier alpha value is -2.01. The molecule has 0 saturated carbocycles. The Morgan fingerprint density at radius 2 is 1.85 bits per heavy atom. The molecule has 0 heterocycles. The molecule has 0 aromatic heterocycles. The third kappa shape index (κ3) is 3.11. The largest absolute Gasteiger partial charge is 0.496 e. The second kappa shape index (κ2) is 5.96. The quantitative estimate of drug-likeness (QED) is 0.619. The Bertz CT molecular complexity index is 656. The van der Waals surface area contributed by atoms with Gasteiger partial charge in [0.1, 0.15) is 5.75 Å². The maximum Gasteiger partial charge on any atom is 0.269 e. The van der Waals surface area contributed by atoms with Gasteiger partial charge in [0.05, 0.1) is 16.9 Å². The van der Waals surface area contributed by atoms with Gasteiger partial charge in [0.2, 0.25) is 0 Å². The zero-order chi connectivity index (χ0) is 14.7. The highest BCUT2D eigenvalue weighted by atomic mass is 32.2. The van der Waals surface area contributed by atoms with E-state index in [0.717, 1.165) is 26.7 Å². The minimum absolute atomic E-state index is 0.114. The molecule has 0 amide bonds. The first kappa shape index (κ1) is 14.4. The van der Waals surface area contributed by atoms with Crippen LogP contribution in [0.4, 0.5) is 5.69 Å². The van der Waals surface area contributed by atoms with Crippen molar-refractivity contribution in [2.24, 2.45) is 0 Å². The average molecular weight is 289 g/mol. The number of non-ortho nitro benzene ring substituents is 1. The molecule has 0 bridgehead atoms. The number of rotatable bonds is 4. The van der Waals surface area contributed by atoms with Gasteiger partial charge in [-0.15, -0.1) is 0 Å². The van der Waals surface area contributed by atoms with E-state index in [1.54, 1.807) is 31.0 Å². The lowest BCUT2D eigenvalue weighted by molar-refractivity contribution is -0.385. The summed E-state index contributed by atoms with van der Waals surface area (Å²) in [5.41, 5.74) is 2.14. The molecule has 5 heteroatoms.